The van der Waals surface area contributed by atoms with Crippen LogP contribution in [0, 0.1) is 17.8 Å². The molecule has 6 rings (SSSR count). The monoisotopic (exact) mass is 373 g/mol. The predicted molar refractivity (Wildman–Crippen MR) is 99.4 cm³/mol. The van der Waals surface area contributed by atoms with Crippen LogP contribution in [0.5, 0.6) is 0 Å². The molecule has 5 aliphatic carbocycles. The molecular formula is C21H31N3O3. The van der Waals surface area contributed by atoms with E-state index in [1.807, 2.05) is 0 Å². The van der Waals surface area contributed by atoms with Crippen LogP contribution in [0.2, 0.25) is 0 Å². The van der Waals surface area contributed by atoms with Gasteiger partial charge in [-0.2, -0.15) is 0 Å². The summed E-state index contributed by atoms with van der Waals surface area (Å²) in [5.41, 5.74) is 0.741. The Bertz CT molecular complexity index is 670. The minimum Gasteiger partial charge on any atom is -0.476 e. The maximum atomic E-state index is 12.0. The zero-order chi connectivity index (χ0) is 18.4. The summed E-state index contributed by atoms with van der Waals surface area (Å²) in [5, 5.41) is 18.4. The molecule has 0 unspecified atom stereocenters. The second-order valence-corrected chi connectivity index (χ2v) is 9.67. The number of aromatic nitrogens is 3. The van der Waals surface area contributed by atoms with Crippen LogP contribution in [0.25, 0.3) is 0 Å². The van der Waals surface area contributed by atoms with E-state index in [-0.39, 0.29) is 17.3 Å². The molecule has 0 radical (unpaired) electrons. The van der Waals surface area contributed by atoms with Crippen molar-refractivity contribution < 1.29 is 14.6 Å². The van der Waals surface area contributed by atoms with Crippen LogP contribution >= 0.6 is 0 Å². The van der Waals surface area contributed by atoms with Gasteiger partial charge in [0.15, 0.2) is 5.69 Å². The Kier molecular flexibility index (Phi) is 4.49. The molecule has 27 heavy (non-hydrogen) atoms. The maximum absolute atomic E-state index is 12.0. The highest BCUT2D eigenvalue weighted by Gasteiger charge is 2.51. The average Bonchev–Trinajstić information content (AvgIpc) is 2.86. The first-order chi connectivity index (χ1) is 13.1. The highest BCUT2D eigenvalue weighted by atomic mass is 16.5. The molecule has 0 aliphatic heterocycles. The molecule has 0 spiro atoms. The largest absolute Gasteiger partial charge is 0.476 e. The van der Waals surface area contributed by atoms with E-state index in [0.717, 1.165) is 62.7 Å². The van der Waals surface area contributed by atoms with Crippen LogP contribution in [-0.2, 0) is 11.3 Å². The Hall–Kier alpha value is -1.43. The number of rotatable bonds is 5. The summed E-state index contributed by atoms with van der Waals surface area (Å²) >= 11 is 0. The number of carboxylic acids is 1. The van der Waals surface area contributed by atoms with Crippen molar-refractivity contribution in [3.8, 4) is 0 Å². The van der Waals surface area contributed by atoms with Gasteiger partial charge in [-0.1, -0.05) is 30.9 Å². The average molecular weight is 373 g/mol. The van der Waals surface area contributed by atoms with E-state index < -0.39 is 5.97 Å². The summed E-state index contributed by atoms with van der Waals surface area (Å²) in [5.74, 6) is 1.53. The van der Waals surface area contributed by atoms with Crippen LogP contribution in [0.1, 0.15) is 99.3 Å². The van der Waals surface area contributed by atoms with Gasteiger partial charge in [-0.05, 0) is 69.1 Å². The lowest BCUT2D eigenvalue weighted by molar-refractivity contribution is -0.169. The van der Waals surface area contributed by atoms with Crippen LogP contribution < -0.4 is 0 Å². The number of carbonyl (C=O) groups is 1. The van der Waals surface area contributed by atoms with Gasteiger partial charge in [0.05, 0.1) is 18.2 Å². The highest BCUT2D eigenvalue weighted by Crippen LogP contribution is 2.57. The van der Waals surface area contributed by atoms with Crippen LogP contribution in [0.4, 0.5) is 0 Å². The fourth-order valence-electron chi connectivity index (χ4n) is 6.83. The SMILES string of the molecule is O=C(O)c1c(COC23CC4CC(CC(C4)C2)C3)nnn1C1CCCCCC1. The molecule has 5 fully saturated rings. The van der Waals surface area contributed by atoms with E-state index >= 15 is 0 Å². The topological polar surface area (TPSA) is 77.2 Å². The smallest absolute Gasteiger partial charge is 0.356 e. The maximum Gasteiger partial charge on any atom is 0.356 e. The van der Waals surface area contributed by atoms with Gasteiger partial charge in [0.25, 0.3) is 0 Å². The molecule has 0 saturated heterocycles. The molecule has 148 valence electrons. The first-order valence-electron chi connectivity index (χ1n) is 10.9. The lowest BCUT2D eigenvalue weighted by Gasteiger charge is -2.56. The van der Waals surface area contributed by atoms with Crippen molar-refractivity contribution in [2.45, 2.75) is 95.3 Å². The molecule has 1 heterocycles. The van der Waals surface area contributed by atoms with Crippen molar-refractivity contribution in [3.05, 3.63) is 11.4 Å². The number of ether oxygens (including phenoxy) is 1. The van der Waals surface area contributed by atoms with Gasteiger partial charge < -0.3 is 9.84 Å². The molecule has 0 amide bonds. The lowest BCUT2D eigenvalue weighted by Crippen LogP contribution is -2.51. The third kappa shape index (κ3) is 3.30. The van der Waals surface area contributed by atoms with E-state index in [1.165, 1.54) is 32.1 Å². The molecule has 5 aliphatic rings. The zero-order valence-corrected chi connectivity index (χ0v) is 16.1. The van der Waals surface area contributed by atoms with Gasteiger partial charge in [0, 0.05) is 0 Å². The number of hydrogen-bond acceptors (Lipinski definition) is 4. The summed E-state index contributed by atoms with van der Waals surface area (Å²) in [6, 6.07) is 0.166. The van der Waals surface area contributed by atoms with Crippen LogP contribution in [-0.4, -0.2) is 31.7 Å². The normalized spacial score (nSPS) is 36.1. The third-order valence-corrected chi connectivity index (χ3v) is 7.63. The van der Waals surface area contributed by atoms with E-state index in [1.54, 1.807) is 4.68 Å². The molecule has 4 bridgehead atoms. The van der Waals surface area contributed by atoms with Crippen molar-refractivity contribution in [2.75, 3.05) is 0 Å². The van der Waals surface area contributed by atoms with Crippen molar-refractivity contribution in [2.24, 2.45) is 17.8 Å². The molecule has 1 aromatic heterocycles. The second kappa shape index (κ2) is 6.87. The van der Waals surface area contributed by atoms with E-state index in [4.69, 9.17) is 4.74 Å². The minimum atomic E-state index is -0.923. The fourth-order valence-corrected chi connectivity index (χ4v) is 6.83. The van der Waals surface area contributed by atoms with Crippen molar-refractivity contribution >= 4 is 5.97 Å². The molecule has 6 heteroatoms. The van der Waals surface area contributed by atoms with Gasteiger partial charge in [-0.15, -0.1) is 5.10 Å². The Balaban J connectivity index is 1.34. The molecule has 1 aromatic rings. The van der Waals surface area contributed by atoms with E-state index in [2.05, 4.69) is 10.3 Å². The van der Waals surface area contributed by atoms with Gasteiger partial charge >= 0.3 is 5.97 Å². The minimum absolute atomic E-state index is 0.0311. The van der Waals surface area contributed by atoms with Crippen molar-refractivity contribution in [1.29, 1.82) is 0 Å². The Morgan fingerprint density at radius 3 is 2.19 bits per heavy atom. The van der Waals surface area contributed by atoms with E-state index in [0.29, 0.717) is 12.3 Å². The summed E-state index contributed by atoms with van der Waals surface area (Å²) in [4.78, 5) is 12.0. The molecule has 6 nitrogen and oxygen atoms in total. The van der Waals surface area contributed by atoms with Crippen LogP contribution in [0.15, 0.2) is 0 Å². The highest BCUT2D eigenvalue weighted by molar-refractivity contribution is 5.86. The van der Waals surface area contributed by atoms with Gasteiger partial charge in [-0.3, -0.25) is 0 Å². The Morgan fingerprint density at radius 2 is 1.63 bits per heavy atom. The number of nitrogens with zero attached hydrogens (tertiary/aromatic N) is 3. The van der Waals surface area contributed by atoms with Crippen LogP contribution in [0.3, 0.4) is 0 Å². The molecule has 0 aromatic carbocycles. The van der Waals surface area contributed by atoms with Gasteiger partial charge in [0.2, 0.25) is 0 Å². The van der Waals surface area contributed by atoms with Crippen molar-refractivity contribution in [3.63, 3.8) is 0 Å². The Labute approximate surface area is 160 Å². The quantitative estimate of drug-likeness (QED) is 0.776. The summed E-state index contributed by atoms with van der Waals surface area (Å²) in [6.45, 7) is 0.292. The van der Waals surface area contributed by atoms with Gasteiger partial charge in [0.1, 0.15) is 5.69 Å². The molecule has 5 saturated carbocycles. The molecule has 1 N–H and O–H groups in total. The number of aromatic carboxylic acids is 1. The Morgan fingerprint density at radius 1 is 1.04 bits per heavy atom. The standard InChI is InChI=1S/C21H31N3O3/c25-20(26)19-18(22-23-24(19)17-5-3-1-2-4-6-17)13-27-21-10-14-7-15(11-21)9-16(8-14)12-21/h14-17H,1-13H2,(H,25,26). The fraction of sp³-hybridized carbons (Fsp3) is 0.857. The second-order valence-electron chi connectivity index (χ2n) is 9.67. The van der Waals surface area contributed by atoms with Crippen molar-refractivity contribution in [1.82, 2.24) is 15.0 Å². The third-order valence-electron chi connectivity index (χ3n) is 7.63. The number of hydrogen-bond donors (Lipinski definition) is 1. The summed E-state index contributed by atoms with van der Waals surface area (Å²) < 4.78 is 8.15. The first-order valence-corrected chi connectivity index (χ1v) is 10.9. The molecule has 0 atom stereocenters. The predicted octanol–water partition coefficient (Wildman–Crippen LogP) is 4.36. The summed E-state index contributed by atoms with van der Waals surface area (Å²) in [6.07, 6.45) is 14.3. The van der Waals surface area contributed by atoms with E-state index in [9.17, 15) is 9.90 Å². The summed E-state index contributed by atoms with van der Waals surface area (Å²) in [7, 11) is 0. The lowest BCUT2D eigenvalue weighted by atomic mass is 9.54. The molecular weight excluding hydrogens is 342 g/mol. The van der Waals surface area contributed by atoms with Gasteiger partial charge in [-0.25, -0.2) is 9.48 Å². The first kappa shape index (κ1) is 17.7. The zero-order valence-electron chi connectivity index (χ0n) is 16.1. The number of carboxylic acid groups (broad SMARTS) is 1.